The lowest BCUT2D eigenvalue weighted by Crippen LogP contribution is -2.59. The van der Waals surface area contributed by atoms with E-state index < -0.39 is 24.4 Å². The summed E-state index contributed by atoms with van der Waals surface area (Å²) in [6.45, 7) is 17.1. The van der Waals surface area contributed by atoms with Gasteiger partial charge in [0.05, 0.1) is 28.3 Å². The van der Waals surface area contributed by atoms with E-state index in [0.29, 0.717) is 31.4 Å². The van der Waals surface area contributed by atoms with Crippen LogP contribution in [0.4, 0.5) is 16.6 Å². The highest BCUT2D eigenvalue weighted by atomic mass is 16.7. The number of carboxylic acid groups (broad SMARTS) is 1. The molecular formula is C28H39BN6O4. The van der Waals surface area contributed by atoms with E-state index in [2.05, 4.69) is 45.9 Å². The lowest BCUT2D eigenvalue weighted by atomic mass is 9.79. The number of aromatic nitrogens is 3. The molecule has 1 amide bonds. The fourth-order valence-corrected chi connectivity index (χ4v) is 5.19. The van der Waals surface area contributed by atoms with Gasteiger partial charge in [-0.2, -0.15) is 0 Å². The van der Waals surface area contributed by atoms with Gasteiger partial charge in [-0.25, -0.2) is 14.8 Å². The lowest BCUT2D eigenvalue weighted by molar-refractivity contribution is 0.00578. The average Bonchev–Trinajstić information content (AvgIpc) is 3.33. The largest absolute Gasteiger partial charge is 0.494 e. The van der Waals surface area contributed by atoms with Gasteiger partial charge in [-0.05, 0) is 68.4 Å². The summed E-state index contributed by atoms with van der Waals surface area (Å²) in [4.78, 5) is 28.2. The molecule has 0 radical (unpaired) electrons. The lowest BCUT2D eigenvalue weighted by Gasteiger charge is -2.46. The second kappa shape index (κ2) is 9.80. The normalized spacial score (nSPS) is 21.5. The number of carbonyl (C=O) groups is 1. The summed E-state index contributed by atoms with van der Waals surface area (Å²) in [7, 11) is -0.437. The summed E-state index contributed by atoms with van der Waals surface area (Å²) in [5.41, 5.74) is 2.80. The number of piperazine rings is 1. The number of pyridine rings is 1. The number of anilines is 2. The molecule has 1 atom stereocenters. The summed E-state index contributed by atoms with van der Waals surface area (Å²) in [6.07, 6.45) is 0.935. The van der Waals surface area contributed by atoms with Crippen molar-refractivity contribution < 1.29 is 19.2 Å². The second-order valence-electron chi connectivity index (χ2n) is 12.7. The first-order chi connectivity index (χ1) is 18.2. The molecule has 2 aromatic heterocycles. The molecule has 10 nitrogen and oxygen atoms in total. The Hall–Kier alpha value is -3.15. The summed E-state index contributed by atoms with van der Waals surface area (Å²) in [5.74, 6) is 1.29. The number of amides is 1. The van der Waals surface area contributed by atoms with E-state index in [-0.39, 0.29) is 11.5 Å². The fourth-order valence-electron chi connectivity index (χ4n) is 5.19. The standard InChI is InChI=1S/C28H39BN6O4/c1-26(2,3)22-17-34(12-13-35(22)25(36)37)16-18-10-11-30-23(14-18)33-24-31-20-9-8-19(15-21(20)32-24)29-38-27(4,5)28(6,7)39-29/h8-11,14-15,22H,12-13,16-17H2,1-7H3,(H,36,37)(H2,30,31,32,33). The Morgan fingerprint density at radius 2 is 1.87 bits per heavy atom. The fraction of sp³-hybridized carbons (Fsp3) is 0.536. The molecule has 39 heavy (non-hydrogen) atoms. The van der Waals surface area contributed by atoms with Crippen LogP contribution < -0.4 is 10.8 Å². The molecule has 0 bridgehead atoms. The second-order valence-corrected chi connectivity index (χ2v) is 12.7. The number of rotatable bonds is 5. The van der Waals surface area contributed by atoms with Crippen LogP contribution in [0.15, 0.2) is 36.5 Å². The van der Waals surface area contributed by atoms with Crippen LogP contribution in [0.25, 0.3) is 11.0 Å². The van der Waals surface area contributed by atoms with Crippen LogP contribution in [0.1, 0.15) is 54.0 Å². The van der Waals surface area contributed by atoms with Crippen molar-refractivity contribution in [2.45, 2.75) is 72.3 Å². The minimum Gasteiger partial charge on any atom is -0.465 e. The maximum Gasteiger partial charge on any atom is 0.494 e. The Morgan fingerprint density at radius 1 is 1.15 bits per heavy atom. The Morgan fingerprint density at radius 3 is 2.54 bits per heavy atom. The Labute approximate surface area is 230 Å². The first-order valence-electron chi connectivity index (χ1n) is 13.5. The number of fused-ring (bicyclic) bond motifs is 1. The molecule has 3 aromatic rings. The third kappa shape index (κ3) is 5.62. The molecule has 2 saturated heterocycles. The zero-order valence-electron chi connectivity index (χ0n) is 23.9. The van der Waals surface area contributed by atoms with Gasteiger partial charge in [-0.3, -0.25) is 4.90 Å². The smallest absolute Gasteiger partial charge is 0.465 e. The average molecular weight is 534 g/mol. The monoisotopic (exact) mass is 534 g/mol. The molecule has 3 N–H and O–H groups in total. The van der Waals surface area contributed by atoms with Crippen molar-refractivity contribution in [3.05, 3.63) is 42.1 Å². The molecule has 208 valence electrons. The first kappa shape index (κ1) is 27.4. The predicted molar refractivity (Wildman–Crippen MR) is 153 cm³/mol. The summed E-state index contributed by atoms with van der Waals surface area (Å²) >= 11 is 0. The van der Waals surface area contributed by atoms with Gasteiger partial charge in [-0.15, -0.1) is 0 Å². The van der Waals surface area contributed by atoms with E-state index in [9.17, 15) is 9.90 Å². The Balaban J connectivity index is 1.27. The highest BCUT2D eigenvalue weighted by Crippen LogP contribution is 2.36. The number of aromatic amines is 1. The van der Waals surface area contributed by atoms with Gasteiger partial charge in [0.15, 0.2) is 0 Å². The highest BCUT2D eigenvalue weighted by molar-refractivity contribution is 6.62. The zero-order chi connectivity index (χ0) is 28.2. The van der Waals surface area contributed by atoms with Gasteiger partial charge in [0.2, 0.25) is 5.95 Å². The van der Waals surface area contributed by atoms with Crippen LogP contribution in [0.5, 0.6) is 0 Å². The van der Waals surface area contributed by atoms with E-state index in [4.69, 9.17) is 9.31 Å². The third-order valence-electron chi connectivity index (χ3n) is 8.22. The van der Waals surface area contributed by atoms with Crippen molar-refractivity contribution in [2.24, 2.45) is 5.41 Å². The molecule has 11 heteroatoms. The van der Waals surface area contributed by atoms with Crippen LogP contribution in [-0.4, -0.2) is 79.9 Å². The van der Waals surface area contributed by atoms with E-state index in [0.717, 1.165) is 28.6 Å². The maximum absolute atomic E-state index is 11.8. The molecule has 2 aliphatic rings. The number of nitrogens with one attached hydrogen (secondary N) is 2. The number of imidazole rings is 1. The SMILES string of the molecule is CC(C)(C)C1CN(Cc2ccnc(Nc3nc4ccc(B5OC(C)(C)C(C)(C)O5)cc4[nH]3)c2)CCN1C(=O)O. The summed E-state index contributed by atoms with van der Waals surface area (Å²) in [6, 6.07) is 9.91. The predicted octanol–water partition coefficient (Wildman–Crippen LogP) is 4.21. The van der Waals surface area contributed by atoms with E-state index >= 15 is 0 Å². The zero-order valence-corrected chi connectivity index (χ0v) is 23.9. The molecule has 2 fully saturated rings. The van der Waals surface area contributed by atoms with Crippen LogP contribution in [0.3, 0.4) is 0 Å². The molecular weight excluding hydrogens is 495 g/mol. The maximum atomic E-state index is 11.8. The van der Waals surface area contributed by atoms with Crippen molar-refractivity contribution in [2.75, 3.05) is 25.0 Å². The highest BCUT2D eigenvalue weighted by Gasteiger charge is 2.51. The number of H-pyrrole nitrogens is 1. The van der Waals surface area contributed by atoms with Crippen LogP contribution in [0, 0.1) is 5.41 Å². The van der Waals surface area contributed by atoms with E-state index in [1.54, 1.807) is 11.1 Å². The van der Waals surface area contributed by atoms with Crippen molar-refractivity contribution in [1.82, 2.24) is 24.8 Å². The van der Waals surface area contributed by atoms with Crippen molar-refractivity contribution in [3.63, 3.8) is 0 Å². The number of hydrogen-bond acceptors (Lipinski definition) is 7. The van der Waals surface area contributed by atoms with Crippen LogP contribution in [-0.2, 0) is 15.9 Å². The Kier molecular flexibility index (Phi) is 6.89. The van der Waals surface area contributed by atoms with Gasteiger partial charge >= 0.3 is 13.2 Å². The summed E-state index contributed by atoms with van der Waals surface area (Å²) < 4.78 is 12.4. The minimum absolute atomic E-state index is 0.0687. The third-order valence-corrected chi connectivity index (χ3v) is 8.22. The molecule has 1 unspecified atom stereocenters. The molecule has 4 heterocycles. The van der Waals surface area contributed by atoms with Crippen LogP contribution >= 0.6 is 0 Å². The van der Waals surface area contributed by atoms with Gasteiger partial charge in [0.1, 0.15) is 5.82 Å². The number of benzene rings is 1. The minimum atomic E-state index is -0.848. The Bertz CT molecular complexity index is 1350. The molecule has 2 aliphatic heterocycles. The molecule has 0 aliphatic carbocycles. The van der Waals surface area contributed by atoms with Crippen molar-refractivity contribution >= 4 is 41.5 Å². The molecule has 5 rings (SSSR count). The van der Waals surface area contributed by atoms with Crippen LogP contribution in [0.2, 0.25) is 0 Å². The van der Waals surface area contributed by atoms with Gasteiger partial charge in [0, 0.05) is 32.4 Å². The topological polar surface area (TPSA) is 116 Å². The van der Waals surface area contributed by atoms with Gasteiger partial charge in [-0.1, -0.05) is 26.8 Å². The van der Waals surface area contributed by atoms with E-state index in [1.165, 1.54) is 0 Å². The number of hydrogen-bond donors (Lipinski definition) is 3. The van der Waals surface area contributed by atoms with Gasteiger partial charge < -0.3 is 29.6 Å². The quantitative estimate of drug-likeness (QED) is 0.417. The molecule has 0 saturated carbocycles. The van der Waals surface area contributed by atoms with Gasteiger partial charge in [0.25, 0.3) is 0 Å². The van der Waals surface area contributed by atoms with Crippen molar-refractivity contribution in [1.29, 1.82) is 0 Å². The summed E-state index contributed by atoms with van der Waals surface area (Å²) in [5, 5.41) is 13.0. The number of nitrogens with zero attached hydrogens (tertiary/aromatic N) is 4. The van der Waals surface area contributed by atoms with Crippen molar-refractivity contribution in [3.8, 4) is 0 Å². The first-order valence-corrected chi connectivity index (χ1v) is 13.5. The molecule has 0 spiro atoms. The van der Waals surface area contributed by atoms with E-state index in [1.807, 2.05) is 58.0 Å². The molecule has 1 aromatic carbocycles.